The van der Waals surface area contributed by atoms with Crippen LogP contribution in [0.2, 0.25) is 0 Å². The summed E-state index contributed by atoms with van der Waals surface area (Å²) in [5, 5.41) is 0. The van der Waals surface area contributed by atoms with Gasteiger partial charge in [0, 0.05) is 24.2 Å². The predicted octanol–water partition coefficient (Wildman–Crippen LogP) is 3.57. The van der Waals surface area contributed by atoms with Crippen LogP contribution in [0.5, 0.6) is 5.75 Å². The number of rotatable bonds is 11. The van der Waals surface area contributed by atoms with Crippen molar-refractivity contribution < 1.29 is 19.1 Å². The average Bonchev–Trinajstić information content (AvgIpc) is 2.70. The van der Waals surface area contributed by atoms with Crippen molar-refractivity contribution in [1.29, 1.82) is 0 Å². The van der Waals surface area contributed by atoms with E-state index in [-0.39, 0.29) is 11.8 Å². The van der Waals surface area contributed by atoms with Gasteiger partial charge in [-0.2, -0.15) is 0 Å². The van der Waals surface area contributed by atoms with Crippen LogP contribution in [-0.2, 0) is 9.53 Å². The van der Waals surface area contributed by atoms with Crippen molar-refractivity contribution in [2.75, 3.05) is 33.4 Å². The number of ether oxygens (including phenoxy) is 2. The van der Waals surface area contributed by atoms with Crippen molar-refractivity contribution in [1.82, 2.24) is 4.90 Å². The van der Waals surface area contributed by atoms with Gasteiger partial charge in [-0.1, -0.05) is 30.3 Å². The summed E-state index contributed by atoms with van der Waals surface area (Å²) in [6.45, 7) is 4.32. The molecule has 0 aliphatic rings. The van der Waals surface area contributed by atoms with Crippen molar-refractivity contribution >= 4 is 11.8 Å². The second-order valence-corrected chi connectivity index (χ2v) is 6.28. The minimum atomic E-state index is -0.161. The lowest BCUT2D eigenvalue weighted by Gasteiger charge is -2.16. The molecule has 0 atom stereocenters. The molecular formula is C22H27NO4. The van der Waals surface area contributed by atoms with Gasteiger partial charge in [0.25, 0.3) is 0 Å². The summed E-state index contributed by atoms with van der Waals surface area (Å²) in [6.07, 6.45) is 1.26. The number of hydrogen-bond acceptors (Lipinski definition) is 5. The van der Waals surface area contributed by atoms with Crippen LogP contribution < -0.4 is 4.74 Å². The summed E-state index contributed by atoms with van der Waals surface area (Å²) >= 11 is 0. The molecule has 2 aromatic rings. The lowest BCUT2D eigenvalue weighted by molar-refractivity contribution is -0.143. The Labute approximate surface area is 160 Å². The largest absolute Gasteiger partial charge is 0.494 e. The van der Waals surface area contributed by atoms with Crippen molar-refractivity contribution in [3.8, 4) is 5.75 Å². The van der Waals surface area contributed by atoms with Crippen LogP contribution in [0.1, 0.15) is 35.7 Å². The Morgan fingerprint density at radius 1 is 0.926 bits per heavy atom. The first-order valence-electron chi connectivity index (χ1n) is 9.27. The SMILES string of the molecule is CCOC(=O)CCN(C)CCCOc1ccc(C(=O)c2ccccc2)cc1. The number of hydrogen-bond donors (Lipinski definition) is 0. The molecule has 0 N–H and O–H groups in total. The predicted molar refractivity (Wildman–Crippen MR) is 105 cm³/mol. The fraction of sp³-hybridized carbons (Fsp3) is 0.364. The number of nitrogens with zero attached hydrogens (tertiary/aromatic N) is 1. The monoisotopic (exact) mass is 369 g/mol. The van der Waals surface area contributed by atoms with Gasteiger partial charge in [0.2, 0.25) is 0 Å². The third-order valence-electron chi connectivity index (χ3n) is 4.11. The average molecular weight is 369 g/mol. The molecule has 0 radical (unpaired) electrons. The van der Waals surface area contributed by atoms with E-state index in [0.29, 0.717) is 37.3 Å². The minimum Gasteiger partial charge on any atom is -0.494 e. The molecule has 2 rings (SSSR count). The van der Waals surface area contributed by atoms with Crippen molar-refractivity contribution in [2.45, 2.75) is 19.8 Å². The van der Waals surface area contributed by atoms with Gasteiger partial charge in [-0.25, -0.2) is 0 Å². The van der Waals surface area contributed by atoms with Crippen LogP contribution in [0.25, 0.3) is 0 Å². The second-order valence-electron chi connectivity index (χ2n) is 6.28. The van der Waals surface area contributed by atoms with E-state index in [1.165, 1.54) is 0 Å². The van der Waals surface area contributed by atoms with Crippen LogP contribution in [0, 0.1) is 0 Å². The molecule has 0 heterocycles. The zero-order valence-corrected chi connectivity index (χ0v) is 16.0. The maximum absolute atomic E-state index is 12.4. The van der Waals surface area contributed by atoms with E-state index in [9.17, 15) is 9.59 Å². The number of carbonyl (C=O) groups is 2. The quantitative estimate of drug-likeness (QED) is 0.344. The summed E-state index contributed by atoms with van der Waals surface area (Å²) in [7, 11) is 1.98. The molecule has 0 unspecified atom stereocenters. The molecule has 0 saturated carbocycles. The van der Waals surface area contributed by atoms with Gasteiger partial charge in [-0.3, -0.25) is 9.59 Å². The van der Waals surface area contributed by atoms with Crippen LogP contribution in [0.15, 0.2) is 54.6 Å². The topological polar surface area (TPSA) is 55.8 Å². The summed E-state index contributed by atoms with van der Waals surface area (Å²) < 4.78 is 10.6. The van der Waals surface area contributed by atoms with Crippen molar-refractivity contribution in [2.24, 2.45) is 0 Å². The van der Waals surface area contributed by atoms with E-state index in [2.05, 4.69) is 4.90 Å². The van der Waals surface area contributed by atoms with E-state index >= 15 is 0 Å². The van der Waals surface area contributed by atoms with Crippen LogP contribution in [0.3, 0.4) is 0 Å². The van der Waals surface area contributed by atoms with Crippen LogP contribution in [0.4, 0.5) is 0 Å². The van der Waals surface area contributed by atoms with Gasteiger partial charge in [-0.05, 0) is 44.7 Å². The number of ketones is 1. The maximum atomic E-state index is 12.4. The molecular weight excluding hydrogens is 342 g/mol. The lowest BCUT2D eigenvalue weighted by Crippen LogP contribution is -2.24. The molecule has 0 saturated heterocycles. The van der Waals surface area contributed by atoms with E-state index in [1.54, 1.807) is 12.1 Å². The molecule has 0 aliphatic heterocycles. The summed E-state index contributed by atoms with van der Waals surface area (Å²) in [5.74, 6) is 0.588. The van der Waals surface area contributed by atoms with Gasteiger partial charge in [0.05, 0.1) is 19.6 Å². The highest BCUT2D eigenvalue weighted by molar-refractivity contribution is 6.08. The van der Waals surface area contributed by atoms with Crippen LogP contribution in [-0.4, -0.2) is 50.0 Å². The lowest BCUT2D eigenvalue weighted by atomic mass is 10.0. The molecule has 144 valence electrons. The zero-order chi connectivity index (χ0) is 19.5. The van der Waals surface area contributed by atoms with Gasteiger partial charge in [-0.15, -0.1) is 0 Å². The van der Waals surface area contributed by atoms with Gasteiger partial charge in [0.1, 0.15) is 5.75 Å². The molecule has 0 amide bonds. The van der Waals surface area contributed by atoms with E-state index < -0.39 is 0 Å². The Morgan fingerprint density at radius 2 is 1.59 bits per heavy atom. The van der Waals surface area contributed by atoms with Gasteiger partial charge in [0.15, 0.2) is 5.78 Å². The highest BCUT2D eigenvalue weighted by Crippen LogP contribution is 2.15. The Morgan fingerprint density at radius 3 is 2.26 bits per heavy atom. The normalized spacial score (nSPS) is 10.6. The maximum Gasteiger partial charge on any atom is 0.307 e. The number of carbonyl (C=O) groups excluding carboxylic acids is 2. The first-order chi connectivity index (χ1) is 13.1. The Bertz CT molecular complexity index is 713. The number of esters is 1. The molecule has 5 nitrogen and oxygen atoms in total. The molecule has 27 heavy (non-hydrogen) atoms. The highest BCUT2D eigenvalue weighted by atomic mass is 16.5. The Hall–Kier alpha value is -2.66. The van der Waals surface area contributed by atoms with Gasteiger partial charge < -0.3 is 14.4 Å². The molecule has 2 aromatic carbocycles. The third kappa shape index (κ3) is 7.23. The minimum absolute atomic E-state index is 0.00498. The smallest absolute Gasteiger partial charge is 0.307 e. The first-order valence-corrected chi connectivity index (χ1v) is 9.27. The second kappa shape index (κ2) is 11.1. The molecule has 0 fully saturated rings. The third-order valence-corrected chi connectivity index (χ3v) is 4.11. The van der Waals surface area contributed by atoms with E-state index in [4.69, 9.17) is 9.47 Å². The molecule has 0 spiro atoms. The first kappa shape index (κ1) is 20.6. The fourth-order valence-corrected chi connectivity index (χ4v) is 2.61. The van der Waals surface area contributed by atoms with Crippen molar-refractivity contribution in [3.05, 3.63) is 65.7 Å². The molecule has 0 aliphatic carbocycles. The summed E-state index contributed by atoms with van der Waals surface area (Å²) in [4.78, 5) is 25.8. The summed E-state index contributed by atoms with van der Waals surface area (Å²) in [5.41, 5.74) is 1.32. The zero-order valence-electron chi connectivity index (χ0n) is 16.0. The van der Waals surface area contributed by atoms with Gasteiger partial charge >= 0.3 is 5.97 Å². The molecule has 5 heteroatoms. The standard InChI is InChI=1S/C22H27NO4/c1-3-26-21(24)14-16-23(2)15-7-17-27-20-12-10-19(11-13-20)22(25)18-8-5-4-6-9-18/h4-6,8-13H,3,7,14-17H2,1-2H3. The van der Waals surface area contributed by atoms with E-state index in [0.717, 1.165) is 18.7 Å². The van der Waals surface area contributed by atoms with Crippen LogP contribution >= 0.6 is 0 Å². The Balaban J connectivity index is 1.69. The summed E-state index contributed by atoms with van der Waals surface area (Å²) in [6, 6.07) is 16.4. The molecule has 0 bridgehead atoms. The number of benzene rings is 2. The van der Waals surface area contributed by atoms with Crippen molar-refractivity contribution in [3.63, 3.8) is 0 Å². The highest BCUT2D eigenvalue weighted by Gasteiger charge is 2.08. The Kier molecular flexibility index (Phi) is 8.52. The fourth-order valence-electron chi connectivity index (χ4n) is 2.61. The van der Waals surface area contributed by atoms with E-state index in [1.807, 2.05) is 56.4 Å². The molecule has 0 aromatic heterocycles.